The van der Waals surface area contributed by atoms with Gasteiger partial charge in [0.15, 0.2) is 11.5 Å². The number of hydrogen-bond donors (Lipinski definition) is 1. The van der Waals surface area contributed by atoms with Crippen molar-refractivity contribution < 1.29 is 14.7 Å². The van der Waals surface area contributed by atoms with Gasteiger partial charge in [0.2, 0.25) is 0 Å². The highest BCUT2D eigenvalue weighted by Crippen LogP contribution is 2.39. The van der Waals surface area contributed by atoms with Gasteiger partial charge in [-0.15, -0.1) is 0 Å². The number of ketones is 1. The molecule has 0 saturated heterocycles. The monoisotopic (exact) mass is 337 g/mol. The zero-order chi connectivity index (χ0) is 18.0. The van der Waals surface area contributed by atoms with E-state index in [-0.39, 0.29) is 23.8 Å². The topological polar surface area (TPSA) is 83.4 Å². The van der Waals surface area contributed by atoms with Gasteiger partial charge >= 0.3 is 0 Å². The van der Waals surface area contributed by atoms with E-state index in [0.717, 1.165) is 5.56 Å². The van der Waals surface area contributed by atoms with Crippen molar-refractivity contribution in [2.24, 2.45) is 5.92 Å². The zero-order valence-corrected chi connectivity index (χ0v) is 14.1. The summed E-state index contributed by atoms with van der Waals surface area (Å²) < 4.78 is 0. The van der Waals surface area contributed by atoms with E-state index < -0.39 is 17.7 Å². The summed E-state index contributed by atoms with van der Waals surface area (Å²) in [6, 6.07) is 8.27. The summed E-state index contributed by atoms with van der Waals surface area (Å²) in [4.78, 5) is 35.0. The molecule has 3 rings (SSSR count). The fourth-order valence-electron chi connectivity index (χ4n) is 2.94. The smallest absolute Gasteiger partial charge is 0.290 e. The quantitative estimate of drug-likeness (QED) is 0.907. The maximum atomic E-state index is 12.7. The molecule has 6 heteroatoms. The summed E-state index contributed by atoms with van der Waals surface area (Å²) in [6.07, 6.45) is 4.85. The summed E-state index contributed by atoms with van der Waals surface area (Å²) >= 11 is 0. The van der Waals surface area contributed by atoms with Crippen LogP contribution < -0.4 is 0 Å². The Kier molecular flexibility index (Phi) is 4.61. The number of rotatable bonds is 5. The molecule has 0 saturated carbocycles. The van der Waals surface area contributed by atoms with Crippen LogP contribution in [0.4, 0.5) is 0 Å². The average Bonchev–Trinajstić information content (AvgIpc) is 2.87. The first kappa shape index (κ1) is 16.8. The molecule has 0 bridgehead atoms. The van der Waals surface area contributed by atoms with Crippen molar-refractivity contribution in [2.45, 2.75) is 26.4 Å². The molecular weight excluding hydrogens is 318 g/mol. The number of hydrogen-bond acceptors (Lipinski definition) is 5. The second-order valence-electron chi connectivity index (χ2n) is 6.22. The van der Waals surface area contributed by atoms with Gasteiger partial charge in [-0.25, -0.2) is 0 Å². The largest absolute Gasteiger partial charge is 0.503 e. The van der Waals surface area contributed by atoms with Crippen molar-refractivity contribution in [3.63, 3.8) is 0 Å². The van der Waals surface area contributed by atoms with Crippen LogP contribution in [0.1, 0.15) is 31.1 Å². The van der Waals surface area contributed by atoms with E-state index in [1.54, 1.807) is 56.7 Å². The van der Waals surface area contributed by atoms with Crippen LogP contribution in [-0.4, -0.2) is 31.7 Å². The summed E-state index contributed by atoms with van der Waals surface area (Å²) in [6.45, 7) is 3.70. The summed E-state index contributed by atoms with van der Waals surface area (Å²) in [5.74, 6) is -1.60. The third kappa shape index (κ3) is 3.15. The molecule has 1 N–H and O–H groups in total. The van der Waals surface area contributed by atoms with Gasteiger partial charge in [-0.3, -0.25) is 19.6 Å². The van der Waals surface area contributed by atoms with Crippen LogP contribution in [0.5, 0.6) is 0 Å². The molecule has 25 heavy (non-hydrogen) atoms. The molecular formula is C19H19N3O3. The minimum Gasteiger partial charge on any atom is -0.503 e. The molecule has 2 aromatic rings. The number of Topliss-reactive ketones (excluding diaryl/α,β-unsaturated/α-hetero) is 1. The van der Waals surface area contributed by atoms with Crippen LogP contribution in [0.2, 0.25) is 0 Å². The molecule has 3 heterocycles. The van der Waals surface area contributed by atoms with Gasteiger partial charge < -0.3 is 10.0 Å². The predicted octanol–water partition coefficient (Wildman–Crippen LogP) is 2.60. The maximum absolute atomic E-state index is 12.7. The Hall–Kier alpha value is -3.02. The molecule has 128 valence electrons. The molecule has 1 amide bonds. The summed E-state index contributed by atoms with van der Waals surface area (Å²) in [7, 11) is 0. The SMILES string of the molecule is CC(C)C(=O)C1=C(O)C(=O)N(Cc2ccccn2)C1c1ccncc1. The van der Waals surface area contributed by atoms with Crippen LogP contribution in [-0.2, 0) is 16.1 Å². The highest BCUT2D eigenvalue weighted by atomic mass is 16.3. The first-order chi connectivity index (χ1) is 12.0. The third-order valence-corrected chi connectivity index (χ3v) is 4.17. The minimum atomic E-state index is -0.646. The number of aliphatic hydroxyl groups excluding tert-OH is 1. The molecule has 1 aliphatic heterocycles. The van der Waals surface area contributed by atoms with Gasteiger partial charge in [0.05, 0.1) is 23.9 Å². The summed E-state index contributed by atoms with van der Waals surface area (Å²) in [5.41, 5.74) is 1.55. The van der Waals surface area contributed by atoms with Crippen LogP contribution in [0, 0.1) is 5.92 Å². The minimum absolute atomic E-state index is 0.141. The fourth-order valence-corrected chi connectivity index (χ4v) is 2.94. The second-order valence-corrected chi connectivity index (χ2v) is 6.22. The number of nitrogens with zero attached hydrogens (tertiary/aromatic N) is 3. The molecule has 0 spiro atoms. The Labute approximate surface area is 145 Å². The van der Waals surface area contributed by atoms with Crippen molar-refractivity contribution in [1.82, 2.24) is 14.9 Å². The lowest BCUT2D eigenvalue weighted by Gasteiger charge is -2.26. The Balaban J connectivity index is 2.06. The molecule has 2 aromatic heterocycles. The maximum Gasteiger partial charge on any atom is 0.290 e. The van der Waals surface area contributed by atoms with E-state index in [1.165, 1.54) is 4.90 Å². The van der Waals surface area contributed by atoms with Crippen LogP contribution in [0.15, 0.2) is 60.3 Å². The number of amides is 1. The predicted molar refractivity (Wildman–Crippen MR) is 91.3 cm³/mol. The number of carbonyl (C=O) groups is 2. The van der Waals surface area contributed by atoms with Gasteiger partial charge in [-0.1, -0.05) is 19.9 Å². The van der Waals surface area contributed by atoms with Crippen molar-refractivity contribution in [3.8, 4) is 0 Å². The molecule has 1 aliphatic rings. The normalized spacial score (nSPS) is 17.5. The molecule has 0 aliphatic carbocycles. The van der Waals surface area contributed by atoms with Crippen molar-refractivity contribution in [2.75, 3.05) is 0 Å². The highest BCUT2D eigenvalue weighted by Gasteiger charge is 2.43. The lowest BCUT2D eigenvalue weighted by Crippen LogP contribution is -2.31. The molecule has 1 unspecified atom stereocenters. The van der Waals surface area contributed by atoms with Gasteiger partial charge in [0, 0.05) is 24.5 Å². The molecule has 0 fully saturated rings. The van der Waals surface area contributed by atoms with E-state index in [1.807, 2.05) is 6.07 Å². The van der Waals surface area contributed by atoms with Crippen molar-refractivity contribution in [3.05, 3.63) is 71.5 Å². The van der Waals surface area contributed by atoms with E-state index in [4.69, 9.17) is 0 Å². The highest BCUT2D eigenvalue weighted by molar-refractivity contribution is 6.09. The third-order valence-electron chi connectivity index (χ3n) is 4.17. The second kappa shape index (κ2) is 6.84. The van der Waals surface area contributed by atoms with Gasteiger partial charge in [-0.05, 0) is 29.8 Å². The van der Waals surface area contributed by atoms with Gasteiger partial charge in [0.1, 0.15) is 0 Å². The Morgan fingerprint density at radius 2 is 1.92 bits per heavy atom. The van der Waals surface area contributed by atoms with E-state index in [2.05, 4.69) is 9.97 Å². The van der Waals surface area contributed by atoms with E-state index in [0.29, 0.717) is 5.69 Å². The molecule has 0 aromatic carbocycles. The number of aromatic nitrogens is 2. The fraction of sp³-hybridized carbons (Fsp3) is 0.263. The van der Waals surface area contributed by atoms with Crippen molar-refractivity contribution in [1.29, 1.82) is 0 Å². The Bertz CT molecular complexity index is 816. The van der Waals surface area contributed by atoms with Crippen molar-refractivity contribution >= 4 is 11.7 Å². The van der Waals surface area contributed by atoms with Gasteiger partial charge in [-0.2, -0.15) is 0 Å². The number of pyridine rings is 2. The standard InChI is InChI=1S/C19H19N3O3/c1-12(2)17(23)15-16(13-6-9-20-10-7-13)22(19(25)18(15)24)11-14-5-3-4-8-21-14/h3-10,12,16,24H,11H2,1-2H3. The Morgan fingerprint density at radius 1 is 1.20 bits per heavy atom. The van der Waals surface area contributed by atoms with E-state index in [9.17, 15) is 14.7 Å². The van der Waals surface area contributed by atoms with Gasteiger partial charge in [0.25, 0.3) is 5.91 Å². The average molecular weight is 337 g/mol. The summed E-state index contributed by atoms with van der Waals surface area (Å²) in [5, 5.41) is 10.4. The van der Waals surface area contributed by atoms with E-state index >= 15 is 0 Å². The van der Waals surface area contributed by atoms with Crippen LogP contribution in [0.3, 0.4) is 0 Å². The zero-order valence-electron chi connectivity index (χ0n) is 14.1. The number of aliphatic hydroxyl groups is 1. The first-order valence-corrected chi connectivity index (χ1v) is 8.09. The number of carbonyl (C=O) groups excluding carboxylic acids is 2. The van der Waals surface area contributed by atoms with Crippen LogP contribution >= 0.6 is 0 Å². The lowest BCUT2D eigenvalue weighted by molar-refractivity contribution is -0.130. The molecule has 0 radical (unpaired) electrons. The molecule has 1 atom stereocenters. The lowest BCUT2D eigenvalue weighted by atomic mass is 9.92. The first-order valence-electron chi connectivity index (χ1n) is 8.09. The Morgan fingerprint density at radius 3 is 2.52 bits per heavy atom. The molecule has 6 nitrogen and oxygen atoms in total. The van der Waals surface area contributed by atoms with Crippen LogP contribution in [0.25, 0.3) is 0 Å².